The molecule has 2 nitrogen and oxygen atoms in total. The first-order valence-corrected chi connectivity index (χ1v) is 5.59. The van der Waals surface area contributed by atoms with Gasteiger partial charge in [-0.2, -0.15) is 0 Å². The molecule has 0 aliphatic rings. The molecule has 4 heteroatoms. The van der Waals surface area contributed by atoms with Gasteiger partial charge in [0, 0.05) is 11.6 Å². The molecule has 0 bridgehead atoms. The minimum atomic E-state index is 0.677. The third-order valence-corrected chi connectivity index (χ3v) is 3.53. The molecule has 0 aliphatic heterocycles. The summed E-state index contributed by atoms with van der Waals surface area (Å²) in [6.07, 6.45) is 1.69. The van der Waals surface area contributed by atoms with E-state index in [4.69, 9.17) is 16.3 Å². The molecule has 0 unspecified atom stereocenters. The number of pyridine rings is 1. The summed E-state index contributed by atoms with van der Waals surface area (Å²) < 4.78 is 6.04. The number of rotatable bonds is 1. The van der Waals surface area contributed by atoms with Crippen molar-refractivity contribution in [3.8, 4) is 5.75 Å². The Bertz CT molecular complexity index is 527. The molecule has 0 amide bonds. The normalized spacial score (nSPS) is 10.7. The summed E-state index contributed by atoms with van der Waals surface area (Å²) in [6, 6.07) is 3.87. The fraction of sp³-hybridized carbons (Fsp3) is 0.182. The number of benzene rings is 1. The fourth-order valence-corrected chi connectivity index (χ4v) is 2.13. The number of nitrogens with zero attached hydrogens (tertiary/aromatic N) is 1. The van der Waals surface area contributed by atoms with E-state index in [1.165, 1.54) is 0 Å². The van der Waals surface area contributed by atoms with Gasteiger partial charge in [0.1, 0.15) is 11.3 Å². The van der Waals surface area contributed by atoms with Crippen LogP contribution in [0.5, 0.6) is 5.75 Å². The molecule has 2 aromatic rings. The molecule has 0 atom stereocenters. The van der Waals surface area contributed by atoms with E-state index in [0.29, 0.717) is 5.02 Å². The summed E-state index contributed by atoms with van der Waals surface area (Å²) >= 11 is 9.58. The van der Waals surface area contributed by atoms with E-state index < -0.39 is 0 Å². The summed E-state index contributed by atoms with van der Waals surface area (Å²) in [4.78, 5) is 4.32. The van der Waals surface area contributed by atoms with Crippen molar-refractivity contribution in [3.63, 3.8) is 0 Å². The van der Waals surface area contributed by atoms with Crippen molar-refractivity contribution in [2.24, 2.45) is 0 Å². The molecule has 0 saturated heterocycles. The first kappa shape index (κ1) is 10.7. The lowest BCUT2D eigenvalue weighted by molar-refractivity contribution is 0.419. The van der Waals surface area contributed by atoms with E-state index in [9.17, 15) is 0 Å². The van der Waals surface area contributed by atoms with E-state index in [1.54, 1.807) is 13.3 Å². The Kier molecular flexibility index (Phi) is 2.85. The monoisotopic (exact) mass is 285 g/mol. The summed E-state index contributed by atoms with van der Waals surface area (Å²) in [6.45, 7) is 2.00. The highest BCUT2D eigenvalue weighted by Gasteiger charge is 2.11. The lowest BCUT2D eigenvalue weighted by Crippen LogP contribution is -1.90. The third kappa shape index (κ3) is 1.70. The van der Waals surface area contributed by atoms with Crippen LogP contribution in [0.1, 0.15) is 5.56 Å². The van der Waals surface area contributed by atoms with Gasteiger partial charge < -0.3 is 4.74 Å². The Morgan fingerprint density at radius 1 is 1.40 bits per heavy atom. The van der Waals surface area contributed by atoms with Crippen LogP contribution < -0.4 is 4.74 Å². The summed E-state index contributed by atoms with van der Waals surface area (Å²) in [7, 11) is 1.63. The summed E-state index contributed by atoms with van der Waals surface area (Å²) in [5.74, 6) is 0.741. The van der Waals surface area contributed by atoms with E-state index in [-0.39, 0.29) is 0 Å². The molecule has 1 heterocycles. The highest BCUT2D eigenvalue weighted by molar-refractivity contribution is 9.10. The van der Waals surface area contributed by atoms with Gasteiger partial charge in [-0.05, 0) is 34.5 Å². The molecule has 15 heavy (non-hydrogen) atoms. The zero-order chi connectivity index (χ0) is 11.0. The van der Waals surface area contributed by atoms with Crippen molar-refractivity contribution in [1.82, 2.24) is 4.98 Å². The Labute approximate surface area is 101 Å². The maximum Gasteiger partial charge on any atom is 0.145 e. The number of hydrogen-bond donors (Lipinski definition) is 0. The average molecular weight is 287 g/mol. The minimum absolute atomic E-state index is 0.677. The molecule has 0 saturated carbocycles. The molecule has 0 fully saturated rings. The molecule has 0 spiro atoms. The molecule has 0 radical (unpaired) electrons. The van der Waals surface area contributed by atoms with Gasteiger partial charge >= 0.3 is 0 Å². The van der Waals surface area contributed by atoms with Crippen molar-refractivity contribution >= 4 is 38.4 Å². The maximum atomic E-state index is 6.22. The zero-order valence-corrected chi connectivity index (χ0v) is 10.7. The predicted molar refractivity (Wildman–Crippen MR) is 65.7 cm³/mol. The van der Waals surface area contributed by atoms with Gasteiger partial charge in [-0.1, -0.05) is 17.7 Å². The first-order chi connectivity index (χ1) is 7.15. The number of hydrogen-bond acceptors (Lipinski definition) is 2. The number of aryl methyl sites for hydroxylation is 1. The zero-order valence-electron chi connectivity index (χ0n) is 8.34. The Hall–Kier alpha value is -0.800. The van der Waals surface area contributed by atoms with Crippen LogP contribution in [0, 0.1) is 6.92 Å². The third-order valence-electron chi connectivity index (χ3n) is 2.31. The summed E-state index contributed by atoms with van der Waals surface area (Å²) in [5.41, 5.74) is 1.88. The van der Waals surface area contributed by atoms with E-state index in [2.05, 4.69) is 20.9 Å². The number of fused-ring (bicyclic) bond motifs is 1. The van der Waals surface area contributed by atoms with Gasteiger partial charge in [-0.3, -0.25) is 4.98 Å². The van der Waals surface area contributed by atoms with Crippen LogP contribution in [0.2, 0.25) is 5.02 Å². The number of aromatic nitrogens is 1. The lowest BCUT2D eigenvalue weighted by atomic mass is 10.1. The molecular formula is C11H9BrClNO. The van der Waals surface area contributed by atoms with Crippen molar-refractivity contribution in [3.05, 3.63) is 33.4 Å². The SMILES string of the molecule is COc1ccc(C)c2c(Cl)c(Br)cnc12. The Morgan fingerprint density at radius 2 is 2.13 bits per heavy atom. The van der Waals surface area contributed by atoms with Gasteiger partial charge in [0.2, 0.25) is 0 Å². The van der Waals surface area contributed by atoms with Crippen LogP contribution in [-0.2, 0) is 0 Å². The van der Waals surface area contributed by atoms with Crippen LogP contribution in [-0.4, -0.2) is 12.1 Å². The van der Waals surface area contributed by atoms with Crippen molar-refractivity contribution in [2.75, 3.05) is 7.11 Å². The van der Waals surface area contributed by atoms with E-state index in [0.717, 1.165) is 26.7 Å². The highest BCUT2D eigenvalue weighted by Crippen LogP contribution is 2.35. The quantitative estimate of drug-likeness (QED) is 0.791. The summed E-state index contributed by atoms with van der Waals surface area (Å²) in [5, 5.41) is 1.61. The number of ether oxygens (including phenoxy) is 1. The second-order valence-electron chi connectivity index (χ2n) is 3.23. The molecule has 0 N–H and O–H groups in total. The molecule has 78 valence electrons. The van der Waals surface area contributed by atoms with Crippen molar-refractivity contribution in [1.29, 1.82) is 0 Å². The van der Waals surface area contributed by atoms with E-state index in [1.807, 2.05) is 19.1 Å². The van der Waals surface area contributed by atoms with Gasteiger partial charge in [0.25, 0.3) is 0 Å². The van der Waals surface area contributed by atoms with Gasteiger partial charge in [-0.15, -0.1) is 0 Å². The molecule has 1 aromatic carbocycles. The topological polar surface area (TPSA) is 22.1 Å². The second kappa shape index (κ2) is 3.99. The predicted octanol–water partition coefficient (Wildman–Crippen LogP) is 3.97. The Balaban J connectivity index is 2.93. The molecular weight excluding hydrogens is 277 g/mol. The molecule has 2 rings (SSSR count). The first-order valence-electron chi connectivity index (χ1n) is 4.42. The number of methoxy groups -OCH3 is 1. The van der Waals surface area contributed by atoms with Crippen LogP contribution in [0.3, 0.4) is 0 Å². The fourth-order valence-electron chi connectivity index (χ4n) is 1.54. The van der Waals surface area contributed by atoms with Gasteiger partial charge in [-0.25, -0.2) is 0 Å². The Morgan fingerprint density at radius 3 is 2.80 bits per heavy atom. The second-order valence-corrected chi connectivity index (χ2v) is 4.46. The molecule has 0 aliphatic carbocycles. The van der Waals surface area contributed by atoms with Crippen LogP contribution >= 0.6 is 27.5 Å². The van der Waals surface area contributed by atoms with Gasteiger partial charge in [0.15, 0.2) is 0 Å². The van der Waals surface area contributed by atoms with Crippen LogP contribution in [0.15, 0.2) is 22.8 Å². The van der Waals surface area contributed by atoms with Crippen molar-refractivity contribution < 1.29 is 4.74 Å². The highest BCUT2D eigenvalue weighted by atomic mass is 79.9. The van der Waals surface area contributed by atoms with Crippen molar-refractivity contribution in [2.45, 2.75) is 6.92 Å². The largest absolute Gasteiger partial charge is 0.494 e. The van der Waals surface area contributed by atoms with Crippen LogP contribution in [0.4, 0.5) is 0 Å². The van der Waals surface area contributed by atoms with E-state index >= 15 is 0 Å². The standard InChI is InChI=1S/C11H9BrClNO/c1-6-3-4-8(15-2)11-9(6)10(13)7(12)5-14-11/h3-5H,1-2H3. The van der Waals surface area contributed by atoms with Gasteiger partial charge in [0.05, 0.1) is 16.6 Å². The minimum Gasteiger partial charge on any atom is -0.494 e. The average Bonchev–Trinajstić information content (AvgIpc) is 2.24. The number of halogens is 2. The smallest absolute Gasteiger partial charge is 0.145 e. The molecule has 1 aromatic heterocycles. The van der Waals surface area contributed by atoms with Crippen LogP contribution in [0.25, 0.3) is 10.9 Å². The lowest BCUT2D eigenvalue weighted by Gasteiger charge is -2.09. The maximum absolute atomic E-state index is 6.22.